The summed E-state index contributed by atoms with van der Waals surface area (Å²) in [5, 5.41) is 10.5. The summed E-state index contributed by atoms with van der Waals surface area (Å²) in [5.74, 6) is 0. The van der Waals surface area contributed by atoms with Crippen molar-refractivity contribution < 1.29 is 14.6 Å². The highest BCUT2D eigenvalue weighted by Crippen LogP contribution is 2.34. The average Bonchev–Trinajstić information content (AvgIpc) is 2.58. The zero-order valence-electron chi connectivity index (χ0n) is 9.47. The van der Waals surface area contributed by atoms with E-state index in [4.69, 9.17) is 16.3 Å². The summed E-state index contributed by atoms with van der Waals surface area (Å²) in [6.45, 7) is 2.41. The van der Waals surface area contributed by atoms with Crippen molar-refractivity contribution >= 4 is 17.7 Å². The average molecular weight is 256 g/mol. The van der Waals surface area contributed by atoms with Crippen LogP contribution in [0, 0.1) is 0 Å². The van der Waals surface area contributed by atoms with Crippen LogP contribution >= 0.6 is 11.6 Å². The van der Waals surface area contributed by atoms with Crippen LogP contribution in [0.2, 0.25) is 5.02 Å². The maximum Gasteiger partial charge on any atom is 0.412 e. The first kappa shape index (κ1) is 12.2. The van der Waals surface area contributed by atoms with Gasteiger partial charge >= 0.3 is 6.09 Å². The molecule has 2 atom stereocenters. The molecule has 1 aromatic carbocycles. The number of carbonyl (C=O) groups is 1. The standard InChI is InChI=1S/C12H14ClNO3/c1-2-7-14-11(15)10(17-12(14)16)8-5-3-4-6-9(8)13/h3-6,10-11,15H,2,7H2,1H3/t10-,11+/m0/s1. The van der Waals surface area contributed by atoms with Crippen LogP contribution in [0.4, 0.5) is 4.79 Å². The Morgan fingerprint density at radius 3 is 2.82 bits per heavy atom. The topological polar surface area (TPSA) is 49.8 Å². The Morgan fingerprint density at radius 2 is 2.18 bits per heavy atom. The normalized spacial score (nSPS) is 23.9. The molecule has 0 aliphatic carbocycles. The molecule has 1 N–H and O–H groups in total. The number of aliphatic hydroxyl groups is 1. The number of halogens is 1. The Bertz CT molecular complexity index is 424. The molecule has 0 saturated carbocycles. The Balaban J connectivity index is 2.25. The molecule has 1 fully saturated rings. The van der Waals surface area contributed by atoms with Gasteiger partial charge < -0.3 is 9.84 Å². The largest absolute Gasteiger partial charge is 0.436 e. The van der Waals surface area contributed by atoms with E-state index in [0.717, 1.165) is 6.42 Å². The molecule has 0 radical (unpaired) electrons. The summed E-state index contributed by atoms with van der Waals surface area (Å²) < 4.78 is 5.16. The highest BCUT2D eigenvalue weighted by Gasteiger charge is 2.41. The summed E-state index contributed by atoms with van der Waals surface area (Å²) in [4.78, 5) is 12.9. The van der Waals surface area contributed by atoms with Crippen LogP contribution in [0.5, 0.6) is 0 Å². The minimum absolute atomic E-state index is 0.473. The molecule has 1 aliphatic rings. The summed E-state index contributed by atoms with van der Waals surface area (Å²) >= 11 is 6.02. The summed E-state index contributed by atoms with van der Waals surface area (Å²) in [5.41, 5.74) is 0.633. The molecule has 0 aromatic heterocycles. The first-order valence-electron chi connectivity index (χ1n) is 5.55. The fourth-order valence-corrected chi connectivity index (χ4v) is 2.15. The van der Waals surface area contributed by atoms with Gasteiger partial charge in [-0.3, -0.25) is 4.90 Å². The van der Waals surface area contributed by atoms with Gasteiger partial charge in [0.2, 0.25) is 0 Å². The molecular weight excluding hydrogens is 242 g/mol. The minimum atomic E-state index is -0.970. The molecule has 1 aromatic rings. The lowest BCUT2D eigenvalue weighted by Crippen LogP contribution is -2.34. The quantitative estimate of drug-likeness (QED) is 0.903. The number of cyclic esters (lactones) is 1. The third-order valence-electron chi connectivity index (χ3n) is 2.73. The van der Waals surface area contributed by atoms with E-state index in [0.29, 0.717) is 17.1 Å². The molecule has 1 amide bonds. The number of aliphatic hydroxyl groups excluding tert-OH is 1. The van der Waals surface area contributed by atoms with Gasteiger partial charge in [-0.25, -0.2) is 4.79 Å². The molecule has 92 valence electrons. The molecule has 1 saturated heterocycles. The van der Waals surface area contributed by atoms with Gasteiger partial charge in [0.1, 0.15) is 0 Å². The monoisotopic (exact) mass is 255 g/mol. The van der Waals surface area contributed by atoms with Crippen LogP contribution in [0.25, 0.3) is 0 Å². The molecule has 1 heterocycles. The summed E-state index contributed by atoms with van der Waals surface area (Å²) in [7, 11) is 0. The van der Waals surface area contributed by atoms with Gasteiger partial charge in [-0.15, -0.1) is 0 Å². The van der Waals surface area contributed by atoms with Gasteiger partial charge in [-0.05, 0) is 12.5 Å². The van der Waals surface area contributed by atoms with Crippen molar-refractivity contribution in [3.8, 4) is 0 Å². The number of hydrogen-bond acceptors (Lipinski definition) is 3. The molecule has 1 aliphatic heterocycles. The maximum atomic E-state index is 11.6. The van der Waals surface area contributed by atoms with Crippen LogP contribution in [0.1, 0.15) is 25.0 Å². The Hall–Kier alpha value is -1.26. The van der Waals surface area contributed by atoms with E-state index in [-0.39, 0.29) is 0 Å². The van der Waals surface area contributed by atoms with Gasteiger partial charge in [-0.2, -0.15) is 0 Å². The second-order valence-electron chi connectivity index (χ2n) is 3.93. The van der Waals surface area contributed by atoms with Gasteiger partial charge in [0.25, 0.3) is 0 Å². The van der Waals surface area contributed by atoms with Crippen molar-refractivity contribution in [2.24, 2.45) is 0 Å². The first-order chi connectivity index (χ1) is 8.15. The summed E-state index contributed by atoms with van der Waals surface area (Å²) in [6, 6.07) is 7.04. The number of hydrogen-bond donors (Lipinski definition) is 1. The zero-order chi connectivity index (χ0) is 12.4. The van der Waals surface area contributed by atoms with E-state index in [1.165, 1.54) is 4.90 Å². The Morgan fingerprint density at radius 1 is 1.47 bits per heavy atom. The van der Waals surface area contributed by atoms with E-state index in [1.54, 1.807) is 24.3 Å². The van der Waals surface area contributed by atoms with Crippen LogP contribution < -0.4 is 0 Å². The maximum absolute atomic E-state index is 11.6. The number of benzene rings is 1. The van der Waals surface area contributed by atoms with Crippen molar-refractivity contribution in [2.75, 3.05) is 6.54 Å². The number of rotatable bonds is 3. The highest BCUT2D eigenvalue weighted by atomic mass is 35.5. The van der Waals surface area contributed by atoms with Crippen molar-refractivity contribution in [3.05, 3.63) is 34.9 Å². The van der Waals surface area contributed by atoms with Gasteiger partial charge in [-0.1, -0.05) is 36.7 Å². The second-order valence-corrected chi connectivity index (χ2v) is 4.34. The van der Waals surface area contributed by atoms with E-state index in [9.17, 15) is 9.90 Å². The predicted octanol–water partition coefficient (Wildman–Crippen LogP) is 2.56. The van der Waals surface area contributed by atoms with Crippen LogP contribution in [0.3, 0.4) is 0 Å². The fraction of sp³-hybridized carbons (Fsp3) is 0.417. The molecule has 17 heavy (non-hydrogen) atoms. The molecule has 5 heteroatoms. The van der Waals surface area contributed by atoms with Gasteiger partial charge in [0.15, 0.2) is 12.3 Å². The lowest BCUT2D eigenvalue weighted by molar-refractivity contribution is 0.0136. The highest BCUT2D eigenvalue weighted by molar-refractivity contribution is 6.31. The smallest absolute Gasteiger partial charge is 0.412 e. The molecule has 0 unspecified atom stereocenters. The minimum Gasteiger partial charge on any atom is -0.436 e. The molecule has 4 nitrogen and oxygen atoms in total. The molecule has 2 rings (SSSR count). The van der Waals surface area contributed by atoms with E-state index in [1.807, 2.05) is 6.92 Å². The third-order valence-corrected chi connectivity index (χ3v) is 3.07. The van der Waals surface area contributed by atoms with E-state index >= 15 is 0 Å². The van der Waals surface area contributed by atoms with Crippen molar-refractivity contribution in [1.29, 1.82) is 0 Å². The summed E-state index contributed by atoms with van der Waals surface area (Å²) in [6.07, 6.45) is -1.41. The van der Waals surface area contributed by atoms with Crippen LogP contribution in [-0.4, -0.2) is 28.9 Å². The van der Waals surface area contributed by atoms with E-state index < -0.39 is 18.4 Å². The molecule has 0 bridgehead atoms. The third kappa shape index (κ3) is 2.23. The lowest BCUT2D eigenvalue weighted by atomic mass is 10.1. The lowest BCUT2D eigenvalue weighted by Gasteiger charge is -2.19. The molecular formula is C12H14ClNO3. The Kier molecular flexibility index (Phi) is 3.54. The fourth-order valence-electron chi connectivity index (χ4n) is 1.90. The number of carbonyl (C=O) groups excluding carboxylic acids is 1. The van der Waals surface area contributed by atoms with Crippen LogP contribution in [-0.2, 0) is 4.74 Å². The van der Waals surface area contributed by atoms with Crippen LogP contribution in [0.15, 0.2) is 24.3 Å². The van der Waals surface area contributed by atoms with Gasteiger partial charge in [0.05, 0.1) is 0 Å². The first-order valence-corrected chi connectivity index (χ1v) is 5.92. The zero-order valence-corrected chi connectivity index (χ0v) is 10.2. The second kappa shape index (κ2) is 4.94. The predicted molar refractivity (Wildman–Crippen MR) is 63.7 cm³/mol. The van der Waals surface area contributed by atoms with Crippen molar-refractivity contribution in [2.45, 2.75) is 25.7 Å². The van der Waals surface area contributed by atoms with Crippen molar-refractivity contribution in [1.82, 2.24) is 4.90 Å². The number of amides is 1. The molecule has 0 spiro atoms. The Labute approximate surface area is 105 Å². The number of ether oxygens (including phenoxy) is 1. The SMILES string of the molecule is CCCN1C(=O)O[C@@H](c2ccccc2Cl)[C@H]1O. The number of nitrogens with zero attached hydrogens (tertiary/aromatic N) is 1. The van der Waals surface area contributed by atoms with E-state index in [2.05, 4.69) is 0 Å². The van der Waals surface area contributed by atoms with Gasteiger partial charge in [0, 0.05) is 17.1 Å². The van der Waals surface area contributed by atoms with Crippen molar-refractivity contribution in [3.63, 3.8) is 0 Å².